The van der Waals surface area contributed by atoms with Gasteiger partial charge in [0.1, 0.15) is 0 Å². The molecule has 3 N–H and O–H groups in total. The third-order valence-corrected chi connectivity index (χ3v) is 3.19. The van der Waals surface area contributed by atoms with Gasteiger partial charge in [-0.1, -0.05) is 0 Å². The van der Waals surface area contributed by atoms with Crippen molar-refractivity contribution in [3.63, 3.8) is 0 Å². The number of nitrogens with two attached hydrogens (primary N) is 1. The van der Waals surface area contributed by atoms with Gasteiger partial charge in [-0.3, -0.25) is 4.79 Å². The Labute approximate surface area is 126 Å². The van der Waals surface area contributed by atoms with Gasteiger partial charge in [-0.2, -0.15) is 0 Å². The van der Waals surface area contributed by atoms with E-state index in [1.807, 2.05) is 21.0 Å². The number of rotatable bonds is 7. The van der Waals surface area contributed by atoms with E-state index in [0.29, 0.717) is 22.7 Å². The summed E-state index contributed by atoms with van der Waals surface area (Å²) in [5.74, 6) is 0.782. The van der Waals surface area contributed by atoms with Crippen LogP contribution in [0.2, 0.25) is 0 Å². The second kappa shape index (κ2) is 7.73. The molecule has 0 fully saturated rings. The molecule has 0 spiro atoms. The maximum absolute atomic E-state index is 12.3. The van der Waals surface area contributed by atoms with Crippen molar-refractivity contribution in [2.45, 2.75) is 19.4 Å². The van der Waals surface area contributed by atoms with Gasteiger partial charge in [0.15, 0.2) is 11.5 Å². The van der Waals surface area contributed by atoms with Crippen LogP contribution in [-0.4, -0.2) is 51.7 Å². The summed E-state index contributed by atoms with van der Waals surface area (Å²) in [5, 5.41) is 2.94. The Kier molecular flexibility index (Phi) is 6.30. The van der Waals surface area contributed by atoms with Gasteiger partial charge in [-0.25, -0.2) is 0 Å². The van der Waals surface area contributed by atoms with E-state index in [2.05, 4.69) is 10.2 Å². The summed E-state index contributed by atoms with van der Waals surface area (Å²) in [5.41, 5.74) is 6.67. The molecule has 0 aliphatic heterocycles. The summed E-state index contributed by atoms with van der Waals surface area (Å²) in [6.45, 7) is 2.88. The number of hydrogen-bond donors (Lipinski definition) is 2. The molecule has 1 aromatic rings. The lowest BCUT2D eigenvalue weighted by Crippen LogP contribution is -2.35. The minimum absolute atomic E-state index is 0.0624. The van der Waals surface area contributed by atoms with Gasteiger partial charge in [0.05, 0.1) is 19.8 Å². The standard InChI is InChI=1S/C15H25N3O3/c1-10(6-7-18(2)3)17-15(19)11-8-13(20-4)14(21-5)9-12(11)16/h8-10H,6-7,16H2,1-5H3,(H,17,19). The molecule has 1 atom stereocenters. The number of benzene rings is 1. The molecular weight excluding hydrogens is 270 g/mol. The second-order valence-corrected chi connectivity index (χ2v) is 5.26. The molecule has 0 saturated carbocycles. The summed E-state index contributed by atoms with van der Waals surface area (Å²) in [7, 11) is 7.05. The Morgan fingerprint density at radius 2 is 1.86 bits per heavy atom. The molecule has 0 saturated heterocycles. The molecule has 0 aliphatic carbocycles. The van der Waals surface area contributed by atoms with Crippen LogP contribution in [0.5, 0.6) is 11.5 Å². The molecule has 1 unspecified atom stereocenters. The van der Waals surface area contributed by atoms with Crippen LogP contribution in [0.1, 0.15) is 23.7 Å². The summed E-state index contributed by atoms with van der Waals surface area (Å²) >= 11 is 0. The van der Waals surface area contributed by atoms with E-state index in [1.165, 1.54) is 14.2 Å². The number of nitrogens with one attached hydrogen (secondary N) is 1. The van der Waals surface area contributed by atoms with Gasteiger partial charge in [-0.05, 0) is 40.1 Å². The highest BCUT2D eigenvalue weighted by Crippen LogP contribution is 2.31. The van der Waals surface area contributed by atoms with Crippen molar-refractivity contribution in [2.75, 3.05) is 40.6 Å². The number of nitrogens with zero attached hydrogens (tertiary/aromatic N) is 1. The molecule has 21 heavy (non-hydrogen) atoms. The average molecular weight is 295 g/mol. The van der Waals surface area contributed by atoms with Crippen molar-refractivity contribution in [1.82, 2.24) is 10.2 Å². The van der Waals surface area contributed by atoms with E-state index in [4.69, 9.17) is 15.2 Å². The summed E-state index contributed by atoms with van der Waals surface area (Å²) in [4.78, 5) is 14.4. The van der Waals surface area contributed by atoms with Gasteiger partial charge in [0.2, 0.25) is 0 Å². The normalized spacial score (nSPS) is 12.1. The van der Waals surface area contributed by atoms with Crippen molar-refractivity contribution in [3.8, 4) is 11.5 Å². The van der Waals surface area contributed by atoms with Crippen LogP contribution >= 0.6 is 0 Å². The molecule has 0 aromatic heterocycles. The van der Waals surface area contributed by atoms with E-state index in [0.717, 1.165) is 13.0 Å². The van der Waals surface area contributed by atoms with E-state index in [9.17, 15) is 4.79 Å². The first kappa shape index (κ1) is 17.1. The number of anilines is 1. The Bertz CT molecular complexity index is 489. The fourth-order valence-electron chi connectivity index (χ4n) is 1.92. The lowest BCUT2D eigenvalue weighted by molar-refractivity contribution is 0.0937. The molecule has 0 radical (unpaired) electrons. The zero-order valence-electron chi connectivity index (χ0n) is 13.4. The van der Waals surface area contributed by atoms with Crippen molar-refractivity contribution in [1.29, 1.82) is 0 Å². The summed E-state index contributed by atoms with van der Waals surface area (Å²) in [6, 6.07) is 3.26. The van der Waals surface area contributed by atoms with Gasteiger partial charge >= 0.3 is 0 Å². The highest BCUT2D eigenvalue weighted by Gasteiger charge is 2.16. The first-order valence-corrected chi connectivity index (χ1v) is 6.86. The predicted octanol–water partition coefficient (Wildman–Crippen LogP) is 1.36. The fraction of sp³-hybridized carbons (Fsp3) is 0.533. The minimum Gasteiger partial charge on any atom is -0.493 e. The predicted molar refractivity (Wildman–Crippen MR) is 84.1 cm³/mol. The van der Waals surface area contributed by atoms with Crippen LogP contribution < -0.4 is 20.5 Å². The summed E-state index contributed by atoms with van der Waals surface area (Å²) in [6.07, 6.45) is 0.867. The SMILES string of the molecule is COc1cc(N)c(C(=O)NC(C)CCN(C)C)cc1OC. The van der Waals surface area contributed by atoms with Crippen LogP contribution in [0.3, 0.4) is 0 Å². The number of methoxy groups -OCH3 is 2. The third-order valence-electron chi connectivity index (χ3n) is 3.19. The topological polar surface area (TPSA) is 76.8 Å². The minimum atomic E-state index is -0.209. The highest BCUT2D eigenvalue weighted by atomic mass is 16.5. The maximum Gasteiger partial charge on any atom is 0.253 e. The quantitative estimate of drug-likeness (QED) is 0.743. The van der Waals surface area contributed by atoms with Crippen molar-refractivity contribution in [3.05, 3.63) is 17.7 Å². The van der Waals surface area contributed by atoms with Gasteiger partial charge in [0.25, 0.3) is 5.91 Å². The first-order valence-electron chi connectivity index (χ1n) is 6.86. The highest BCUT2D eigenvalue weighted by molar-refractivity contribution is 6.00. The zero-order chi connectivity index (χ0) is 16.0. The van der Waals surface area contributed by atoms with Crippen LogP contribution in [-0.2, 0) is 0 Å². The number of carbonyl (C=O) groups is 1. The number of hydrogen-bond acceptors (Lipinski definition) is 5. The summed E-state index contributed by atoms with van der Waals surface area (Å²) < 4.78 is 10.4. The molecular formula is C15H25N3O3. The molecule has 118 valence electrons. The van der Waals surface area contributed by atoms with E-state index >= 15 is 0 Å². The molecule has 0 bridgehead atoms. The van der Waals surface area contributed by atoms with E-state index in [1.54, 1.807) is 12.1 Å². The number of carbonyl (C=O) groups excluding carboxylic acids is 1. The lowest BCUT2D eigenvalue weighted by Gasteiger charge is -2.18. The second-order valence-electron chi connectivity index (χ2n) is 5.26. The van der Waals surface area contributed by atoms with Crippen LogP contribution in [0.4, 0.5) is 5.69 Å². The average Bonchev–Trinajstić information content (AvgIpc) is 2.44. The van der Waals surface area contributed by atoms with Crippen LogP contribution in [0.25, 0.3) is 0 Å². The van der Waals surface area contributed by atoms with Crippen molar-refractivity contribution >= 4 is 11.6 Å². The Hall–Kier alpha value is -1.95. The molecule has 1 aromatic carbocycles. The van der Waals surface area contributed by atoms with Gasteiger partial charge < -0.3 is 25.4 Å². The van der Waals surface area contributed by atoms with Gasteiger partial charge in [0, 0.05) is 17.8 Å². The van der Waals surface area contributed by atoms with Crippen molar-refractivity contribution in [2.24, 2.45) is 0 Å². The first-order chi connectivity index (χ1) is 9.88. The number of amides is 1. The van der Waals surface area contributed by atoms with Crippen LogP contribution in [0, 0.1) is 0 Å². The number of ether oxygens (including phenoxy) is 2. The van der Waals surface area contributed by atoms with Crippen molar-refractivity contribution < 1.29 is 14.3 Å². The Balaban J connectivity index is 2.82. The molecule has 1 rings (SSSR count). The Morgan fingerprint density at radius 3 is 2.38 bits per heavy atom. The van der Waals surface area contributed by atoms with E-state index in [-0.39, 0.29) is 11.9 Å². The Morgan fingerprint density at radius 1 is 1.29 bits per heavy atom. The number of nitrogen functional groups attached to an aromatic ring is 1. The van der Waals surface area contributed by atoms with Gasteiger partial charge in [-0.15, -0.1) is 0 Å². The monoisotopic (exact) mass is 295 g/mol. The zero-order valence-corrected chi connectivity index (χ0v) is 13.4. The maximum atomic E-state index is 12.3. The molecule has 1 amide bonds. The molecule has 0 heterocycles. The fourth-order valence-corrected chi connectivity index (χ4v) is 1.92. The third kappa shape index (κ3) is 4.82. The lowest BCUT2D eigenvalue weighted by atomic mass is 10.1. The van der Waals surface area contributed by atoms with E-state index < -0.39 is 0 Å². The smallest absolute Gasteiger partial charge is 0.253 e. The largest absolute Gasteiger partial charge is 0.493 e. The molecule has 0 aliphatic rings. The molecule has 6 heteroatoms. The van der Waals surface area contributed by atoms with Crippen LogP contribution in [0.15, 0.2) is 12.1 Å². The molecule has 6 nitrogen and oxygen atoms in total.